The second-order valence-corrected chi connectivity index (χ2v) is 6.39. The first-order valence-electron chi connectivity index (χ1n) is 8.89. The van der Waals surface area contributed by atoms with E-state index in [2.05, 4.69) is 10.3 Å². The summed E-state index contributed by atoms with van der Waals surface area (Å²) < 4.78 is 6.02. The average molecular weight is 365 g/mol. The standard InChI is InChI=1S/C23H15N3O2/c27-22(16-7-5-13-24-14-16)25-19-10-4-3-9-18(19)23-26-21-17-8-2-1-6-15(17)11-12-20(21)28-23/h1-14H,(H,25,27). The number of nitrogens with one attached hydrogen (secondary N) is 1. The summed E-state index contributed by atoms with van der Waals surface area (Å²) in [5.74, 6) is 0.232. The van der Waals surface area contributed by atoms with Gasteiger partial charge in [0.05, 0.1) is 16.8 Å². The molecule has 1 N–H and O–H groups in total. The maximum atomic E-state index is 12.5. The van der Waals surface area contributed by atoms with Crippen molar-refractivity contribution in [2.24, 2.45) is 0 Å². The summed E-state index contributed by atoms with van der Waals surface area (Å²) in [7, 11) is 0. The van der Waals surface area contributed by atoms with Crippen molar-refractivity contribution in [3.63, 3.8) is 0 Å². The van der Waals surface area contributed by atoms with Gasteiger partial charge in [-0.1, -0.05) is 42.5 Å². The molecule has 0 aliphatic heterocycles. The van der Waals surface area contributed by atoms with Crippen LogP contribution < -0.4 is 5.32 Å². The Balaban J connectivity index is 1.59. The topological polar surface area (TPSA) is 68.0 Å². The second kappa shape index (κ2) is 6.63. The molecule has 28 heavy (non-hydrogen) atoms. The van der Waals surface area contributed by atoms with Crippen LogP contribution in [0.3, 0.4) is 0 Å². The summed E-state index contributed by atoms with van der Waals surface area (Å²) in [4.78, 5) is 21.3. The number of carbonyl (C=O) groups is 1. The highest BCUT2D eigenvalue weighted by atomic mass is 16.3. The molecule has 1 amide bonds. The van der Waals surface area contributed by atoms with Gasteiger partial charge in [-0.3, -0.25) is 9.78 Å². The van der Waals surface area contributed by atoms with E-state index in [1.807, 2.05) is 60.7 Å². The van der Waals surface area contributed by atoms with Crippen molar-refractivity contribution in [1.29, 1.82) is 0 Å². The zero-order valence-corrected chi connectivity index (χ0v) is 14.8. The Kier molecular flexibility index (Phi) is 3.84. The van der Waals surface area contributed by atoms with Gasteiger partial charge in [0, 0.05) is 17.8 Å². The third kappa shape index (κ3) is 2.79. The van der Waals surface area contributed by atoms with Crippen LogP contribution in [0.2, 0.25) is 0 Å². The van der Waals surface area contributed by atoms with Gasteiger partial charge >= 0.3 is 0 Å². The van der Waals surface area contributed by atoms with Crippen molar-refractivity contribution in [2.45, 2.75) is 0 Å². The van der Waals surface area contributed by atoms with Gasteiger partial charge in [-0.2, -0.15) is 0 Å². The summed E-state index contributed by atoms with van der Waals surface area (Å²) in [6, 6.07) is 22.9. The van der Waals surface area contributed by atoms with Gasteiger partial charge in [-0.25, -0.2) is 4.98 Å². The highest BCUT2D eigenvalue weighted by molar-refractivity contribution is 6.07. The van der Waals surface area contributed by atoms with Gasteiger partial charge in [0.25, 0.3) is 5.91 Å². The number of aromatic nitrogens is 2. The third-order valence-electron chi connectivity index (χ3n) is 4.61. The number of amides is 1. The van der Waals surface area contributed by atoms with Crippen LogP contribution >= 0.6 is 0 Å². The minimum atomic E-state index is -0.234. The summed E-state index contributed by atoms with van der Waals surface area (Å²) in [5, 5.41) is 5.07. The normalized spacial score (nSPS) is 11.0. The molecule has 0 atom stereocenters. The molecule has 2 heterocycles. The number of hydrogen-bond acceptors (Lipinski definition) is 4. The Labute approximate surface area is 160 Å². The Morgan fingerprint density at radius 3 is 2.64 bits per heavy atom. The van der Waals surface area contributed by atoms with E-state index < -0.39 is 0 Å². The highest BCUT2D eigenvalue weighted by Crippen LogP contribution is 2.33. The number of hydrogen-bond donors (Lipinski definition) is 1. The Morgan fingerprint density at radius 2 is 1.75 bits per heavy atom. The number of pyridine rings is 1. The number of para-hydroxylation sites is 1. The minimum Gasteiger partial charge on any atom is -0.436 e. The molecule has 0 bridgehead atoms. The van der Waals surface area contributed by atoms with Crippen molar-refractivity contribution in [2.75, 3.05) is 5.32 Å². The molecule has 0 aliphatic carbocycles. The molecule has 134 valence electrons. The van der Waals surface area contributed by atoms with Gasteiger partial charge in [0.2, 0.25) is 5.89 Å². The first-order valence-corrected chi connectivity index (χ1v) is 8.89. The summed E-state index contributed by atoms with van der Waals surface area (Å²) >= 11 is 0. The van der Waals surface area contributed by atoms with E-state index in [-0.39, 0.29) is 5.91 Å². The van der Waals surface area contributed by atoms with Gasteiger partial charge in [-0.15, -0.1) is 0 Å². The Bertz CT molecular complexity index is 1310. The largest absolute Gasteiger partial charge is 0.436 e. The molecule has 0 unspecified atom stereocenters. The molecule has 0 aliphatic rings. The molecule has 5 heteroatoms. The van der Waals surface area contributed by atoms with E-state index in [9.17, 15) is 4.79 Å². The van der Waals surface area contributed by atoms with Gasteiger partial charge in [0.1, 0.15) is 5.52 Å². The fourth-order valence-corrected chi connectivity index (χ4v) is 3.25. The van der Waals surface area contributed by atoms with Gasteiger partial charge < -0.3 is 9.73 Å². The fourth-order valence-electron chi connectivity index (χ4n) is 3.25. The zero-order valence-electron chi connectivity index (χ0n) is 14.8. The quantitative estimate of drug-likeness (QED) is 0.471. The molecule has 5 aromatic rings. The van der Waals surface area contributed by atoms with E-state index in [1.54, 1.807) is 18.3 Å². The second-order valence-electron chi connectivity index (χ2n) is 6.39. The van der Waals surface area contributed by atoms with E-state index in [0.717, 1.165) is 21.9 Å². The molecule has 0 radical (unpaired) electrons. The van der Waals surface area contributed by atoms with E-state index in [0.29, 0.717) is 22.7 Å². The van der Waals surface area contributed by atoms with Crippen LogP contribution in [0.25, 0.3) is 33.3 Å². The van der Waals surface area contributed by atoms with Crippen LogP contribution in [-0.2, 0) is 0 Å². The average Bonchev–Trinajstić information content (AvgIpc) is 3.19. The number of nitrogens with zero attached hydrogens (tertiary/aromatic N) is 2. The summed E-state index contributed by atoms with van der Waals surface area (Å²) in [6.45, 7) is 0. The predicted molar refractivity (Wildman–Crippen MR) is 109 cm³/mol. The van der Waals surface area contributed by atoms with Crippen LogP contribution in [0.15, 0.2) is 89.6 Å². The molecule has 0 saturated heterocycles. The van der Waals surface area contributed by atoms with E-state index in [4.69, 9.17) is 9.40 Å². The molecule has 2 aromatic heterocycles. The minimum absolute atomic E-state index is 0.234. The van der Waals surface area contributed by atoms with Crippen molar-refractivity contribution in [3.8, 4) is 11.5 Å². The van der Waals surface area contributed by atoms with Gasteiger partial charge in [0.15, 0.2) is 5.58 Å². The fraction of sp³-hybridized carbons (Fsp3) is 0. The lowest BCUT2D eigenvalue weighted by Gasteiger charge is -2.08. The molecular weight excluding hydrogens is 350 g/mol. The first kappa shape index (κ1) is 16.2. The lowest BCUT2D eigenvalue weighted by atomic mass is 10.1. The highest BCUT2D eigenvalue weighted by Gasteiger charge is 2.16. The maximum absolute atomic E-state index is 12.5. The van der Waals surface area contributed by atoms with Gasteiger partial charge in [-0.05, 0) is 35.7 Å². The first-order chi connectivity index (χ1) is 13.8. The van der Waals surface area contributed by atoms with Crippen LogP contribution in [0.1, 0.15) is 10.4 Å². The maximum Gasteiger partial charge on any atom is 0.257 e. The SMILES string of the molecule is O=C(Nc1ccccc1-c1nc2c(ccc3ccccc32)o1)c1cccnc1. The van der Waals surface area contributed by atoms with Crippen LogP contribution in [0, 0.1) is 0 Å². The smallest absolute Gasteiger partial charge is 0.257 e. The number of anilines is 1. The number of carbonyl (C=O) groups excluding carboxylic acids is 1. The Hall–Kier alpha value is -3.99. The van der Waals surface area contributed by atoms with Crippen molar-refractivity contribution in [1.82, 2.24) is 9.97 Å². The number of benzene rings is 3. The van der Waals surface area contributed by atoms with Crippen molar-refractivity contribution >= 4 is 33.5 Å². The monoisotopic (exact) mass is 365 g/mol. The molecule has 5 rings (SSSR count). The van der Waals surface area contributed by atoms with Crippen LogP contribution in [-0.4, -0.2) is 15.9 Å². The lowest BCUT2D eigenvalue weighted by molar-refractivity contribution is 0.102. The van der Waals surface area contributed by atoms with Crippen molar-refractivity contribution in [3.05, 3.63) is 90.8 Å². The molecule has 0 fully saturated rings. The summed E-state index contributed by atoms with van der Waals surface area (Å²) in [5.41, 5.74) is 3.36. The number of rotatable bonds is 3. The molecule has 3 aromatic carbocycles. The Morgan fingerprint density at radius 1 is 0.893 bits per heavy atom. The third-order valence-corrected chi connectivity index (χ3v) is 4.61. The molecule has 0 spiro atoms. The lowest BCUT2D eigenvalue weighted by Crippen LogP contribution is -2.12. The number of oxazole rings is 1. The molecule has 0 saturated carbocycles. The van der Waals surface area contributed by atoms with Crippen LogP contribution in [0.4, 0.5) is 5.69 Å². The zero-order chi connectivity index (χ0) is 18.9. The van der Waals surface area contributed by atoms with E-state index in [1.165, 1.54) is 6.20 Å². The predicted octanol–water partition coefficient (Wildman–Crippen LogP) is 5.30. The molecule has 5 nitrogen and oxygen atoms in total. The summed E-state index contributed by atoms with van der Waals surface area (Å²) in [6.07, 6.45) is 3.16. The molecular formula is C23H15N3O2. The van der Waals surface area contributed by atoms with E-state index >= 15 is 0 Å². The van der Waals surface area contributed by atoms with Crippen LogP contribution in [0.5, 0.6) is 0 Å². The number of fused-ring (bicyclic) bond motifs is 3. The van der Waals surface area contributed by atoms with Crippen molar-refractivity contribution < 1.29 is 9.21 Å².